The lowest BCUT2D eigenvalue weighted by Crippen LogP contribution is -2.20. The van der Waals surface area contributed by atoms with Crippen molar-refractivity contribution < 1.29 is 8.42 Å². The van der Waals surface area contributed by atoms with Crippen molar-refractivity contribution in [3.63, 3.8) is 0 Å². The smallest absolute Gasteiger partial charge is 0.184 e. The van der Waals surface area contributed by atoms with Gasteiger partial charge >= 0.3 is 0 Å². The van der Waals surface area contributed by atoms with Crippen LogP contribution in [0.2, 0.25) is 0 Å². The topological polar surface area (TPSA) is 34.1 Å². The van der Waals surface area contributed by atoms with Gasteiger partial charge in [0.2, 0.25) is 10.3 Å². The summed E-state index contributed by atoms with van der Waals surface area (Å²) >= 11 is 2.19. The zero-order chi connectivity index (χ0) is 14.2. The first kappa shape index (κ1) is 14.5. The van der Waals surface area contributed by atoms with Crippen LogP contribution in [0.15, 0.2) is 41.5 Å². The minimum absolute atomic E-state index is 0.0887. The van der Waals surface area contributed by atoms with Gasteiger partial charge in [0.1, 0.15) is 0 Å². The normalized spacial score (nSPS) is 19.5. The van der Waals surface area contributed by atoms with E-state index in [9.17, 15) is 8.42 Å². The van der Waals surface area contributed by atoms with Crippen molar-refractivity contribution in [3.8, 4) is 0 Å². The van der Waals surface area contributed by atoms with Gasteiger partial charge in [-0.25, -0.2) is 0 Å². The number of halogens is 1. The third kappa shape index (κ3) is 2.69. The Balaban J connectivity index is 2.70. The molecule has 19 heavy (non-hydrogen) atoms. The Morgan fingerprint density at radius 1 is 1.11 bits per heavy atom. The second kappa shape index (κ2) is 5.63. The summed E-state index contributed by atoms with van der Waals surface area (Å²) in [7, 11) is -2.15. The van der Waals surface area contributed by atoms with E-state index in [4.69, 9.17) is 0 Å². The van der Waals surface area contributed by atoms with Gasteiger partial charge in [-0.2, -0.15) is 8.42 Å². The van der Waals surface area contributed by atoms with E-state index >= 15 is 0 Å². The van der Waals surface area contributed by atoms with Crippen molar-refractivity contribution >= 4 is 43.3 Å². The highest BCUT2D eigenvalue weighted by Crippen LogP contribution is 2.36. The van der Waals surface area contributed by atoms with Crippen LogP contribution < -0.4 is 0 Å². The standard InChI is InChI=1S/C15H15IO2S/c1-9-6-4-5-7-12(9)14-10(2)8-13(19(17)18)15(16)11(14)3/h4-8,15H,1-3H3. The van der Waals surface area contributed by atoms with Gasteiger partial charge < -0.3 is 0 Å². The van der Waals surface area contributed by atoms with Crippen molar-refractivity contribution in [1.29, 1.82) is 0 Å². The van der Waals surface area contributed by atoms with Crippen LogP contribution in [0.1, 0.15) is 25.0 Å². The average molecular weight is 386 g/mol. The Kier molecular flexibility index (Phi) is 4.30. The quantitative estimate of drug-likeness (QED) is 0.420. The second-order valence-corrected chi connectivity index (χ2v) is 6.89. The van der Waals surface area contributed by atoms with Crippen LogP contribution in [0.25, 0.3) is 5.57 Å². The van der Waals surface area contributed by atoms with Gasteiger partial charge in [-0.3, -0.25) is 0 Å². The number of benzene rings is 1. The summed E-state index contributed by atoms with van der Waals surface area (Å²) < 4.78 is 22.4. The molecule has 0 N–H and O–H groups in total. The molecule has 1 atom stereocenters. The highest BCUT2D eigenvalue weighted by Gasteiger charge is 2.24. The molecule has 0 bridgehead atoms. The van der Waals surface area contributed by atoms with E-state index in [1.54, 1.807) is 6.08 Å². The van der Waals surface area contributed by atoms with Crippen LogP contribution in [-0.4, -0.2) is 17.2 Å². The number of rotatable bonds is 1. The Hall–Kier alpha value is -0.880. The van der Waals surface area contributed by atoms with E-state index < -0.39 is 10.3 Å². The van der Waals surface area contributed by atoms with Gasteiger partial charge in [-0.15, -0.1) is 0 Å². The van der Waals surface area contributed by atoms with E-state index in [1.165, 1.54) is 16.7 Å². The molecule has 0 spiro atoms. The van der Waals surface area contributed by atoms with E-state index in [2.05, 4.69) is 41.6 Å². The Morgan fingerprint density at radius 3 is 2.32 bits per heavy atom. The number of aryl methyl sites for hydroxylation is 1. The maximum Gasteiger partial charge on any atom is 0.218 e. The molecule has 0 fully saturated rings. The predicted molar refractivity (Wildman–Crippen MR) is 89.3 cm³/mol. The van der Waals surface area contributed by atoms with Gasteiger partial charge in [0.15, 0.2) is 0 Å². The monoisotopic (exact) mass is 386 g/mol. The van der Waals surface area contributed by atoms with E-state index in [1.807, 2.05) is 26.0 Å². The minimum atomic E-state index is -2.15. The Morgan fingerprint density at radius 2 is 1.74 bits per heavy atom. The minimum Gasteiger partial charge on any atom is -0.184 e. The Labute approximate surface area is 128 Å². The van der Waals surface area contributed by atoms with E-state index in [0.717, 1.165) is 11.1 Å². The van der Waals surface area contributed by atoms with E-state index in [0.29, 0.717) is 4.86 Å². The molecule has 2 nitrogen and oxygen atoms in total. The maximum absolute atomic E-state index is 11.3. The first-order valence-corrected chi connectivity index (χ1v) is 8.31. The fraction of sp³-hybridized carbons (Fsp3) is 0.267. The molecule has 0 heterocycles. The molecule has 0 saturated heterocycles. The van der Waals surface area contributed by atoms with Crippen LogP contribution in [-0.2, 0) is 10.3 Å². The van der Waals surface area contributed by atoms with Crippen LogP contribution in [0.5, 0.6) is 0 Å². The number of allylic oxidation sites excluding steroid dienone is 4. The summed E-state index contributed by atoms with van der Waals surface area (Å²) in [6.07, 6.45) is 1.79. The van der Waals surface area contributed by atoms with Crippen LogP contribution in [0, 0.1) is 6.92 Å². The molecule has 2 rings (SSSR count). The molecule has 1 aliphatic rings. The summed E-state index contributed by atoms with van der Waals surface area (Å²) in [5.41, 5.74) is 5.69. The number of alkyl halides is 1. The molecule has 1 aliphatic carbocycles. The summed E-state index contributed by atoms with van der Waals surface area (Å²) in [6, 6.07) is 8.20. The lowest BCUT2D eigenvalue weighted by molar-refractivity contribution is 0.627. The zero-order valence-corrected chi connectivity index (χ0v) is 14.0. The Bertz CT molecular complexity index is 716. The summed E-state index contributed by atoms with van der Waals surface area (Å²) in [6.45, 7) is 6.07. The fourth-order valence-corrected chi connectivity index (χ4v) is 4.15. The highest BCUT2D eigenvalue weighted by atomic mass is 127. The zero-order valence-electron chi connectivity index (χ0n) is 11.1. The molecule has 4 heteroatoms. The van der Waals surface area contributed by atoms with Crippen LogP contribution >= 0.6 is 22.6 Å². The van der Waals surface area contributed by atoms with Crippen molar-refractivity contribution in [2.24, 2.45) is 0 Å². The lowest BCUT2D eigenvalue weighted by atomic mass is 9.86. The molecule has 1 aromatic carbocycles. The summed E-state index contributed by atoms with van der Waals surface area (Å²) in [5, 5.41) is 0. The number of hydrogen-bond donors (Lipinski definition) is 0. The molecule has 1 unspecified atom stereocenters. The van der Waals surface area contributed by atoms with Crippen molar-refractivity contribution in [2.45, 2.75) is 24.7 Å². The largest absolute Gasteiger partial charge is 0.218 e. The van der Waals surface area contributed by atoms with Crippen molar-refractivity contribution in [1.82, 2.24) is 0 Å². The number of hydrogen-bond acceptors (Lipinski definition) is 2. The second-order valence-electron chi connectivity index (χ2n) is 4.70. The van der Waals surface area contributed by atoms with Gasteiger partial charge in [-0.05, 0) is 54.7 Å². The first-order chi connectivity index (χ1) is 8.93. The molecule has 100 valence electrons. The molecular weight excluding hydrogens is 371 g/mol. The molecular formula is C15H15IO2S. The van der Waals surface area contributed by atoms with Gasteiger partial charge in [0.05, 0.1) is 8.79 Å². The molecule has 0 saturated carbocycles. The van der Waals surface area contributed by atoms with Crippen molar-refractivity contribution in [2.75, 3.05) is 0 Å². The van der Waals surface area contributed by atoms with Gasteiger partial charge in [0.25, 0.3) is 0 Å². The summed E-state index contributed by atoms with van der Waals surface area (Å²) in [5.74, 6) is 0. The summed E-state index contributed by atoms with van der Waals surface area (Å²) in [4.78, 5) is 0.466. The fourth-order valence-electron chi connectivity index (χ4n) is 2.42. The van der Waals surface area contributed by atoms with Crippen molar-refractivity contribution in [3.05, 3.63) is 52.6 Å². The molecule has 0 aromatic heterocycles. The highest BCUT2D eigenvalue weighted by molar-refractivity contribution is 14.1. The van der Waals surface area contributed by atoms with Gasteiger partial charge in [0, 0.05) is 0 Å². The third-order valence-corrected chi connectivity index (χ3v) is 6.15. The van der Waals surface area contributed by atoms with Crippen LogP contribution in [0.3, 0.4) is 0 Å². The van der Waals surface area contributed by atoms with Crippen LogP contribution in [0.4, 0.5) is 0 Å². The molecule has 0 aliphatic heterocycles. The molecule has 0 amide bonds. The SMILES string of the molecule is CC1=CC(=S(=O)=O)C(I)C(C)=C1c1ccccc1C. The first-order valence-electron chi connectivity index (χ1n) is 5.99. The van der Waals surface area contributed by atoms with E-state index in [-0.39, 0.29) is 3.92 Å². The molecule has 0 radical (unpaired) electrons. The third-order valence-electron chi connectivity index (χ3n) is 3.38. The molecule has 1 aromatic rings. The lowest BCUT2D eigenvalue weighted by Gasteiger charge is -2.23. The maximum atomic E-state index is 11.3. The average Bonchev–Trinajstić information content (AvgIpc) is 2.36. The predicted octanol–water partition coefficient (Wildman–Crippen LogP) is 3.58. The van der Waals surface area contributed by atoms with Gasteiger partial charge in [-0.1, -0.05) is 46.9 Å².